The Kier molecular flexibility index (Phi) is 5.09. The number of ether oxygens (including phenoxy) is 5. The molecule has 0 aromatic heterocycles. The van der Waals surface area contributed by atoms with Gasteiger partial charge in [0.1, 0.15) is 5.82 Å². The summed E-state index contributed by atoms with van der Waals surface area (Å²) in [6, 6.07) is 13.8. The van der Waals surface area contributed by atoms with E-state index >= 15 is 0 Å². The fourth-order valence-electron chi connectivity index (χ4n) is 5.25. The Morgan fingerprint density at radius 3 is 2.26 bits per heavy atom. The highest BCUT2D eigenvalue weighted by Gasteiger charge is 2.44. The molecule has 0 saturated heterocycles. The number of anilines is 1. The minimum atomic E-state index is -0.289. The van der Waals surface area contributed by atoms with Crippen LogP contribution in [0.15, 0.2) is 60.4 Å². The molecule has 8 heteroatoms. The maximum Gasteiger partial charge on any atom is 0.231 e. The third-order valence-corrected chi connectivity index (χ3v) is 6.89. The van der Waals surface area contributed by atoms with Gasteiger partial charge in [-0.1, -0.05) is 0 Å². The van der Waals surface area contributed by atoms with Crippen LogP contribution in [-0.4, -0.2) is 32.7 Å². The maximum atomic E-state index is 13.5. The lowest BCUT2D eigenvalue weighted by atomic mass is 9.68. The van der Waals surface area contributed by atoms with Gasteiger partial charge in [0.2, 0.25) is 12.5 Å². The van der Waals surface area contributed by atoms with Gasteiger partial charge in [-0.15, -0.1) is 0 Å². The zero-order chi connectivity index (χ0) is 24.1. The molecule has 0 bridgehead atoms. The summed E-state index contributed by atoms with van der Waals surface area (Å²) in [5, 5.41) is 14.1. The molecule has 0 unspecified atom stereocenters. The van der Waals surface area contributed by atoms with Crippen LogP contribution < -0.4 is 24.3 Å². The Hall–Kier alpha value is -4.07. The summed E-state index contributed by atoms with van der Waals surface area (Å²) in [7, 11) is 3.02. The van der Waals surface area contributed by atoms with Gasteiger partial charge in [0, 0.05) is 17.5 Å². The van der Waals surface area contributed by atoms with Crippen LogP contribution in [0.3, 0.4) is 0 Å². The summed E-state index contributed by atoms with van der Waals surface area (Å²) in [5.74, 6) is 1.47. The van der Waals surface area contributed by atoms with E-state index in [0.29, 0.717) is 29.6 Å². The first-order chi connectivity index (χ1) is 17.1. The number of fused-ring (bicyclic) bond motifs is 3. The zero-order valence-electron chi connectivity index (χ0n) is 19.2. The molecule has 7 nitrogen and oxygen atoms in total. The van der Waals surface area contributed by atoms with Gasteiger partial charge in [-0.2, -0.15) is 0 Å². The molecule has 3 aromatic carbocycles. The molecular formula is C27H24FNO6. The predicted octanol–water partition coefficient (Wildman–Crippen LogP) is 5.11. The highest BCUT2D eigenvalue weighted by molar-refractivity contribution is 5.63. The molecule has 6 rings (SSSR count). The summed E-state index contributed by atoms with van der Waals surface area (Å²) >= 11 is 0. The number of methoxy groups -OCH3 is 2. The molecule has 2 heterocycles. The molecular weight excluding hydrogens is 453 g/mol. The van der Waals surface area contributed by atoms with Gasteiger partial charge in [0.15, 0.2) is 23.0 Å². The molecule has 2 N–H and O–H groups in total. The first kappa shape index (κ1) is 21.5. The summed E-state index contributed by atoms with van der Waals surface area (Å²) in [5.41, 5.74) is 4.81. The lowest BCUT2D eigenvalue weighted by Crippen LogP contribution is -2.31. The summed E-state index contributed by atoms with van der Waals surface area (Å²) in [6.45, 7) is 0.653. The third-order valence-electron chi connectivity index (χ3n) is 6.89. The number of benzene rings is 3. The molecule has 0 radical (unpaired) electrons. The Morgan fingerprint density at radius 2 is 1.60 bits per heavy atom. The van der Waals surface area contributed by atoms with Gasteiger partial charge >= 0.3 is 0 Å². The van der Waals surface area contributed by atoms with Crippen molar-refractivity contribution in [3.63, 3.8) is 0 Å². The number of phenols is 1. The quantitative estimate of drug-likeness (QED) is 0.529. The van der Waals surface area contributed by atoms with Crippen LogP contribution in [0.5, 0.6) is 28.7 Å². The van der Waals surface area contributed by atoms with Gasteiger partial charge in [0.25, 0.3) is 0 Å². The second-order valence-corrected chi connectivity index (χ2v) is 8.73. The number of hydrogen-bond acceptors (Lipinski definition) is 7. The number of rotatable bonds is 5. The number of phenolic OH excluding ortho intramolecular Hbond substituents is 1. The van der Waals surface area contributed by atoms with E-state index in [2.05, 4.69) is 5.32 Å². The Balaban J connectivity index is 1.53. The molecule has 35 heavy (non-hydrogen) atoms. The minimum absolute atomic E-state index is 0.00344. The molecule has 1 aliphatic carbocycles. The number of hydrogen-bond donors (Lipinski definition) is 2. The Morgan fingerprint density at radius 1 is 0.943 bits per heavy atom. The van der Waals surface area contributed by atoms with E-state index in [1.807, 2.05) is 30.5 Å². The first-order valence-corrected chi connectivity index (χ1v) is 11.3. The average Bonchev–Trinajstić information content (AvgIpc) is 3.54. The van der Waals surface area contributed by atoms with Crippen molar-refractivity contribution in [2.75, 3.05) is 32.9 Å². The largest absolute Gasteiger partial charge is 0.502 e. The minimum Gasteiger partial charge on any atom is -0.502 e. The predicted molar refractivity (Wildman–Crippen MR) is 126 cm³/mol. The number of aromatic hydroxyl groups is 1. The van der Waals surface area contributed by atoms with Crippen LogP contribution in [0.1, 0.15) is 28.7 Å². The molecule has 0 fully saturated rings. The van der Waals surface area contributed by atoms with Crippen molar-refractivity contribution in [2.24, 2.45) is 5.92 Å². The van der Waals surface area contributed by atoms with Crippen LogP contribution in [-0.2, 0) is 4.74 Å². The van der Waals surface area contributed by atoms with E-state index in [4.69, 9.17) is 23.7 Å². The standard InChI is InChI=1S/C27H24FNO6/c1-31-23-7-14(8-24(32-2)27(23)30)25-17-9-21-22(35-13-34-21)10-18(17)26(20-12-33-11-19(20)25)29-16-5-3-15(28)4-6-16/h3-11,20,25-26,29-30H,12-13H2,1-2H3/t20-,25+,26+/m0/s1. The van der Waals surface area contributed by atoms with E-state index in [0.717, 1.165) is 28.0 Å². The van der Waals surface area contributed by atoms with Crippen molar-refractivity contribution in [3.8, 4) is 28.7 Å². The fraction of sp³-hybridized carbons (Fsp3) is 0.259. The second-order valence-electron chi connectivity index (χ2n) is 8.73. The lowest BCUT2D eigenvalue weighted by Gasteiger charge is -2.38. The Bertz CT molecular complexity index is 1300. The van der Waals surface area contributed by atoms with E-state index in [1.165, 1.54) is 26.4 Å². The van der Waals surface area contributed by atoms with E-state index in [1.54, 1.807) is 12.1 Å². The SMILES string of the molecule is COc1cc([C@H]2C3=COC[C@@H]3[C@H](Nc3ccc(F)cc3)c3cc4c(cc32)OCO4)cc(OC)c1O. The molecule has 0 amide bonds. The van der Waals surface area contributed by atoms with Crippen molar-refractivity contribution in [2.45, 2.75) is 12.0 Å². The molecule has 3 aliphatic rings. The number of halogens is 1. The highest BCUT2D eigenvalue weighted by Crippen LogP contribution is 2.55. The molecule has 0 spiro atoms. The second kappa shape index (κ2) is 8.30. The molecule has 3 aromatic rings. The van der Waals surface area contributed by atoms with E-state index < -0.39 is 0 Å². The van der Waals surface area contributed by atoms with Gasteiger partial charge in [-0.25, -0.2) is 4.39 Å². The Labute approximate surface area is 201 Å². The van der Waals surface area contributed by atoms with Crippen LogP contribution in [0, 0.1) is 11.7 Å². The topological polar surface area (TPSA) is 78.4 Å². The van der Waals surface area contributed by atoms with Crippen LogP contribution in [0.4, 0.5) is 10.1 Å². The maximum absolute atomic E-state index is 13.5. The summed E-state index contributed by atoms with van der Waals surface area (Å²) in [4.78, 5) is 0. The van der Waals surface area contributed by atoms with E-state index in [-0.39, 0.29) is 36.2 Å². The molecule has 2 aliphatic heterocycles. The van der Waals surface area contributed by atoms with Crippen molar-refractivity contribution in [3.05, 3.63) is 82.9 Å². The van der Waals surface area contributed by atoms with Crippen LogP contribution >= 0.6 is 0 Å². The smallest absolute Gasteiger partial charge is 0.231 e. The summed E-state index contributed by atoms with van der Waals surface area (Å²) < 4.78 is 41.7. The molecule has 180 valence electrons. The molecule has 0 saturated carbocycles. The van der Waals surface area contributed by atoms with Crippen LogP contribution in [0.2, 0.25) is 0 Å². The third kappa shape index (κ3) is 3.48. The normalized spacial score (nSPS) is 21.5. The van der Waals surface area contributed by atoms with Gasteiger partial charge < -0.3 is 34.1 Å². The lowest BCUT2D eigenvalue weighted by molar-refractivity contribution is 0.174. The fourth-order valence-corrected chi connectivity index (χ4v) is 5.25. The molecule has 3 atom stereocenters. The van der Waals surface area contributed by atoms with Crippen LogP contribution in [0.25, 0.3) is 0 Å². The first-order valence-electron chi connectivity index (χ1n) is 11.3. The van der Waals surface area contributed by atoms with E-state index in [9.17, 15) is 9.50 Å². The van der Waals surface area contributed by atoms with Crippen molar-refractivity contribution >= 4 is 5.69 Å². The average molecular weight is 477 g/mol. The highest BCUT2D eigenvalue weighted by atomic mass is 19.1. The zero-order valence-corrected chi connectivity index (χ0v) is 19.2. The van der Waals surface area contributed by atoms with Crippen molar-refractivity contribution in [1.29, 1.82) is 0 Å². The number of nitrogens with one attached hydrogen (secondary N) is 1. The van der Waals surface area contributed by atoms with Gasteiger partial charge in [-0.3, -0.25) is 0 Å². The van der Waals surface area contributed by atoms with Crippen molar-refractivity contribution in [1.82, 2.24) is 0 Å². The monoisotopic (exact) mass is 477 g/mol. The van der Waals surface area contributed by atoms with Gasteiger partial charge in [0.05, 0.1) is 33.1 Å². The van der Waals surface area contributed by atoms with Gasteiger partial charge in [-0.05, 0) is 70.8 Å². The van der Waals surface area contributed by atoms with Crippen molar-refractivity contribution < 1.29 is 33.2 Å². The summed E-state index contributed by atoms with van der Waals surface area (Å²) in [6.07, 6.45) is 1.81.